The minimum absolute atomic E-state index is 0.0616. The van der Waals surface area contributed by atoms with Crippen molar-refractivity contribution in [2.75, 3.05) is 0 Å². The number of unbranched alkanes of at least 4 members (excludes halogenated alkanes) is 2. The summed E-state index contributed by atoms with van der Waals surface area (Å²) in [6.45, 7) is 2.06. The molecule has 0 spiro atoms. The van der Waals surface area contributed by atoms with Gasteiger partial charge >= 0.3 is 11.9 Å². The van der Waals surface area contributed by atoms with E-state index in [4.69, 9.17) is 9.47 Å². The lowest BCUT2D eigenvalue weighted by Gasteiger charge is -2.18. The van der Waals surface area contributed by atoms with E-state index in [1.54, 1.807) is 30.3 Å². The molecule has 0 aliphatic carbocycles. The molecule has 25 heavy (non-hydrogen) atoms. The minimum atomic E-state index is -0.944. The summed E-state index contributed by atoms with van der Waals surface area (Å²) in [5.41, 5.74) is 0.692. The fraction of sp³-hybridized carbons (Fsp3) is 0.300. The molecule has 0 bridgehead atoms. The molecule has 0 heterocycles. The summed E-state index contributed by atoms with van der Waals surface area (Å²) in [5.74, 6) is -1.06. The third-order valence-electron chi connectivity index (χ3n) is 3.63. The van der Waals surface area contributed by atoms with E-state index in [0.717, 1.165) is 19.3 Å². The van der Waals surface area contributed by atoms with Crippen LogP contribution in [-0.2, 0) is 9.47 Å². The Hall–Kier alpha value is -2.82. The van der Waals surface area contributed by atoms with E-state index in [-0.39, 0.29) is 11.3 Å². The Morgan fingerprint density at radius 2 is 1.44 bits per heavy atom. The first-order chi connectivity index (χ1) is 12.1. The molecule has 0 radical (unpaired) electrons. The average Bonchev–Trinajstić information content (AvgIpc) is 2.63. The molecule has 0 saturated carbocycles. The van der Waals surface area contributed by atoms with Crippen LogP contribution in [0.5, 0.6) is 5.75 Å². The lowest BCUT2D eigenvalue weighted by atomic mass is 10.2. The summed E-state index contributed by atoms with van der Waals surface area (Å²) >= 11 is 0. The molecule has 0 aliphatic heterocycles. The van der Waals surface area contributed by atoms with Crippen LogP contribution in [0.4, 0.5) is 0 Å². The summed E-state index contributed by atoms with van der Waals surface area (Å²) in [6.07, 6.45) is 2.24. The Morgan fingerprint density at radius 3 is 2.00 bits per heavy atom. The number of carbonyl (C=O) groups excluding carboxylic acids is 2. The summed E-state index contributed by atoms with van der Waals surface area (Å²) < 4.78 is 10.7. The molecule has 2 aromatic rings. The van der Waals surface area contributed by atoms with Gasteiger partial charge in [-0.1, -0.05) is 38.0 Å². The maximum Gasteiger partial charge on any atom is 0.341 e. The largest absolute Gasteiger partial charge is 0.508 e. The van der Waals surface area contributed by atoms with Crippen molar-refractivity contribution in [2.45, 2.75) is 38.9 Å². The number of carbonyl (C=O) groups is 2. The smallest absolute Gasteiger partial charge is 0.341 e. The van der Waals surface area contributed by atoms with Crippen LogP contribution in [0.3, 0.4) is 0 Å². The fourth-order valence-electron chi connectivity index (χ4n) is 2.25. The molecule has 0 aromatic heterocycles. The molecule has 0 aliphatic rings. The van der Waals surface area contributed by atoms with Crippen molar-refractivity contribution in [3.05, 3.63) is 65.7 Å². The van der Waals surface area contributed by atoms with Crippen molar-refractivity contribution in [3.63, 3.8) is 0 Å². The first kappa shape index (κ1) is 18.5. The highest BCUT2D eigenvalue weighted by molar-refractivity contribution is 5.91. The van der Waals surface area contributed by atoms with E-state index >= 15 is 0 Å². The monoisotopic (exact) mass is 342 g/mol. The molecule has 132 valence electrons. The van der Waals surface area contributed by atoms with E-state index < -0.39 is 18.2 Å². The van der Waals surface area contributed by atoms with Crippen molar-refractivity contribution >= 4 is 11.9 Å². The van der Waals surface area contributed by atoms with Crippen molar-refractivity contribution in [1.29, 1.82) is 0 Å². The zero-order valence-electron chi connectivity index (χ0n) is 14.2. The zero-order valence-corrected chi connectivity index (χ0v) is 14.2. The minimum Gasteiger partial charge on any atom is -0.508 e. The number of phenols is 1. The van der Waals surface area contributed by atoms with Crippen LogP contribution in [0.25, 0.3) is 0 Å². The van der Waals surface area contributed by atoms with Crippen LogP contribution in [0.2, 0.25) is 0 Å². The Morgan fingerprint density at radius 1 is 0.880 bits per heavy atom. The molecule has 2 rings (SSSR count). The number of aromatic hydroxyl groups is 1. The summed E-state index contributed by atoms with van der Waals surface area (Å²) in [5, 5.41) is 9.29. The second-order valence-electron chi connectivity index (χ2n) is 5.65. The van der Waals surface area contributed by atoms with Crippen molar-refractivity contribution in [1.82, 2.24) is 0 Å². The van der Waals surface area contributed by atoms with Crippen LogP contribution in [-0.4, -0.2) is 23.3 Å². The second kappa shape index (κ2) is 9.47. The average molecular weight is 342 g/mol. The maximum atomic E-state index is 12.2. The molecule has 1 unspecified atom stereocenters. The SMILES string of the molecule is CCCCCC(OC(=O)c1ccccc1)OC(=O)c1ccc(O)cc1. The molecular weight excluding hydrogens is 320 g/mol. The standard InChI is InChI=1S/C20H22O5/c1-2-3-5-10-18(24-19(22)15-8-6-4-7-9-15)25-20(23)16-11-13-17(21)14-12-16/h4,6-9,11-14,18,21H,2-3,5,10H2,1H3. The van der Waals surface area contributed by atoms with Crippen molar-refractivity contribution in [2.24, 2.45) is 0 Å². The highest BCUT2D eigenvalue weighted by Gasteiger charge is 2.20. The Bertz CT molecular complexity index is 679. The summed E-state index contributed by atoms with van der Waals surface area (Å²) in [6, 6.07) is 14.3. The number of benzene rings is 2. The lowest BCUT2D eigenvalue weighted by molar-refractivity contribution is -0.0837. The Kier molecular flexibility index (Phi) is 7.01. The van der Waals surface area contributed by atoms with Gasteiger partial charge in [-0.05, 0) is 42.8 Å². The normalized spacial score (nSPS) is 11.6. The van der Waals surface area contributed by atoms with Gasteiger partial charge in [0.25, 0.3) is 0 Å². The number of rotatable bonds is 8. The van der Waals surface area contributed by atoms with Gasteiger partial charge < -0.3 is 14.6 Å². The van der Waals surface area contributed by atoms with Gasteiger partial charge in [-0.15, -0.1) is 0 Å². The van der Waals surface area contributed by atoms with Gasteiger partial charge in [0.15, 0.2) is 0 Å². The van der Waals surface area contributed by atoms with Gasteiger partial charge in [0, 0.05) is 6.42 Å². The third kappa shape index (κ3) is 5.95. The number of hydrogen-bond acceptors (Lipinski definition) is 5. The molecular formula is C20H22O5. The lowest BCUT2D eigenvalue weighted by Crippen LogP contribution is -2.25. The molecule has 0 saturated heterocycles. The maximum absolute atomic E-state index is 12.2. The predicted molar refractivity (Wildman–Crippen MR) is 93.3 cm³/mol. The zero-order chi connectivity index (χ0) is 18.1. The number of phenolic OH excluding ortho intramolecular Hbond substituents is 1. The van der Waals surface area contributed by atoms with Gasteiger partial charge in [0.2, 0.25) is 6.29 Å². The topological polar surface area (TPSA) is 72.8 Å². The second-order valence-corrected chi connectivity index (χ2v) is 5.65. The highest BCUT2D eigenvalue weighted by Crippen LogP contribution is 2.16. The van der Waals surface area contributed by atoms with Crippen LogP contribution in [0.1, 0.15) is 53.3 Å². The molecule has 0 amide bonds. The van der Waals surface area contributed by atoms with Crippen LogP contribution in [0.15, 0.2) is 54.6 Å². The van der Waals surface area contributed by atoms with E-state index in [2.05, 4.69) is 6.92 Å². The Labute approximate surface area is 147 Å². The van der Waals surface area contributed by atoms with Gasteiger partial charge in [0.1, 0.15) is 5.75 Å². The van der Waals surface area contributed by atoms with Crippen LogP contribution >= 0.6 is 0 Å². The molecule has 0 fully saturated rings. The molecule has 5 heteroatoms. The Balaban J connectivity index is 2.02. The number of esters is 2. The van der Waals surface area contributed by atoms with E-state index in [0.29, 0.717) is 12.0 Å². The van der Waals surface area contributed by atoms with Crippen LogP contribution in [0, 0.1) is 0 Å². The van der Waals surface area contributed by atoms with E-state index in [1.807, 2.05) is 0 Å². The molecule has 1 N–H and O–H groups in total. The van der Waals surface area contributed by atoms with Gasteiger partial charge in [0.05, 0.1) is 11.1 Å². The number of hydrogen-bond donors (Lipinski definition) is 1. The molecule has 5 nitrogen and oxygen atoms in total. The van der Waals surface area contributed by atoms with Crippen molar-refractivity contribution < 1.29 is 24.2 Å². The summed E-state index contributed by atoms with van der Waals surface area (Å²) in [4.78, 5) is 24.4. The van der Waals surface area contributed by atoms with E-state index in [1.165, 1.54) is 24.3 Å². The number of ether oxygens (including phenoxy) is 2. The van der Waals surface area contributed by atoms with Crippen molar-refractivity contribution in [3.8, 4) is 5.75 Å². The first-order valence-corrected chi connectivity index (χ1v) is 8.36. The van der Waals surface area contributed by atoms with Crippen LogP contribution < -0.4 is 0 Å². The third-order valence-corrected chi connectivity index (χ3v) is 3.63. The molecule has 2 aromatic carbocycles. The summed E-state index contributed by atoms with van der Waals surface area (Å²) in [7, 11) is 0. The molecule has 1 atom stereocenters. The quantitative estimate of drug-likeness (QED) is 0.439. The van der Waals surface area contributed by atoms with Gasteiger partial charge in [-0.2, -0.15) is 0 Å². The van der Waals surface area contributed by atoms with E-state index in [9.17, 15) is 14.7 Å². The van der Waals surface area contributed by atoms with Gasteiger partial charge in [-0.3, -0.25) is 0 Å². The first-order valence-electron chi connectivity index (χ1n) is 8.36. The van der Waals surface area contributed by atoms with Gasteiger partial charge in [-0.25, -0.2) is 9.59 Å². The highest BCUT2D eigenvalue weighted by atomic mass is 16.7. The predicted octanol–water partition coefficient (Wildman–Crippen LogP) is 4.31. The fourth-order valence-corrected chi connectivity index (χ4v) is 2.25.